The lowest BCUT2D eigenvalue weighted by molar-refractivity contribution is -0.676. The monoisotopic (exact) mass is 419 g/mol. The Morgan fingerprint density at radius 3 is 2.21 bits per heavy atom. The van der Waals surface area contributed by atoms with Crippen LogP contribution in [0, 0.1) is 0 Å². The van der Waals surface area contributed by atoms with Crippen molar-refractivity contribution in [2.24, 2.45) is 0 Å². The summed E-state index contributed by atoms with van der Waals surface area (Å²) in [4.78, 5) is 28.1. The van der Waals surface area contributed by atoms with Crippen molar-refractivity contribution in [1.82, 2.24) is 9.97 Å². The molecule has 2 aromatic heterocycles. The highest BCUT2D eigenvalue weighted by Gasteiger charge is 2.28. The minimum atomic E-state index is -5.19. The Kier molecular flexibility index (Phi) is 9.15. The van der Waals surface area contributed by atoms with E-state index < -0.39 is 22.9 Å². The number of carbonyl (C=O) groups excluding carboxylic acids is 2. The maximum atomic E-state index is 11.8. The van der Waals surface area contributed by atoms with Crippen LogP contribution >= 0.6 is 0 Å². The first-order valence-corrected chi connectivity index (χ1v) is 9.08. The predicted molar refractivity (Wildman–Crippen MR) is 88.4 cm³/mol. The summed E-state index contributed by atoms with van der Waals surface area (Å²) in [6.45, 7) is 0. The van der Waals surface area contributed by atoms with Gasteiger partial charge < -0.3 is 14.6 Å². The van der Waals surface area contributed by atoms with Gasteiger partial charge in [-0.15, -0.1) is 0 Å². The fourth-order valence-corrected chi connectivity index (χ4v) is 2.70. The molecule has 0 radical (unpaired) electrons. The fraction of sp³-hybridized carbons (Fsp3) is 0.312. The molecule has 0 aliphatic rings. The number of halogens is 3. The van der Waals surface area contributed by atoms with Crippen molar-refractivity contribution >= 4 is 22.7 Å². The third-order valence-corrected chi connectivity index (χ3v) is 4.25. The second-order valence-corrected chi connectivity index (χ2v) is 6.60. The second kappa shape index (κ2) is 11.1. The number of nitrogens with zero attached hydrogens (tertiary/aromatic N) is 3. The molecular weight excluding hydrogens is 403 g/mol. The standard InChI is InChI=1S/C14H16N3O3S.C2HF3O2/c1-20-13(18)5-10-21(19)11-17-8-3-12(4-9-17)14-15-6-2-7-16-14;3-2(4,5)1(6)7/h2-4,6-9H,5,10-11H2,1H3;(H,6,7)/q+1;/p-1. The lowest BCUT2D eigenvalue weighted by atomic mass is 10.2. The number of hydrogen-bond acceptors (Lipinski definition) is 7. The molecule has 0 spiro atoms. The Morgan fingerprint density at radius 1 is 1.21 bits per heavy atom. The van der Waals surface area contributed by atoms with Gasteiger partial charge in [0.05, 0.1) is 24.3 Å². The number of aliphatic carboxylic acids is 1. The average Bonchev–Trinajstić information content (AvgIpc) is 2.67. The van der Waals surface area contributed by atoms with Crippen molar-refractivity contribution in [2.75, 3.05) is 12.9 Å². The van der Waals surface area contributed by atoms with Gasteiger partial charge in [-0.25, -0.2) is 9.97 Å². The van der Waals surface area contributed by atoms with Gasteiger partial charge in [-0.2, -0.15) is 17.7 Å². The number of aromatic nitrogens is 3. The predicted octanol–water partition coefficient (Wildman–Crippen LogP) is -0.00100. The third-order valence-electron chi connectivity index (χ3n) is 3.00. The molecule has 12 heteroatoms. The van der Waals surface area contributed by atoms with E-state index in [1.54, 1.807) is 23.0 Å². The van der Waals surface area contributed by atoms with E-state index in [0.717, 1.165) is 5.56 Å². The molecule has 0 fully saturated rings. The van der Waals surface area contributed by atoms with Crippen LogP contribution in [0.3, 0.4) is 0 Å². The van der Waals surface area contributed by atoms with Gasteiger partial charge in [0.1, 0.15) is 5.97 Å². The van der Waals surface area contributed by atoms with E-state index in [4.69, 9.17) is 9.90 Å². The number of carboxylic acid groups (broad SMARTS) is 1. The summed E-state index contributed by atoms with van der Waals surface area (Å²) >= 11 is 0. The fourth-order valence-electron chi connectivity index (χ4n) is 1.67. The Bertz CT molecular complexity index is 801. The number of esters is 1. The van der Waals surface area contributed by atoms with E-state index in [1.807, 2.05) is 24.5 Å². The largest absolute Gasteiger partial charge is 0.542 e. The number of methoxy groups -OCH3 is 1. The van der Waals surface area contributed by atoms with E-state index >= 15 is 0 Å². The molecule has 152 valence electrons. The maximum absolute atomic E-state index is 11.8. The SMILES string of the molecule is COC(=O)CCS(=O)C[n+]1ccc(-c2ncccn2)cc1.O=C([O-])C(F)(F)F. The first kappa shape index (κ1) is 23.1. The van der Waals surface area contributed by atoms with Crippen molar-refractivity contribution in [3.63, 3.8) is 0 Å². The van der Waals surface area contributed by atoms with Crippen LogP contribution < -0.4 is 9.67 Å². The highest BCUT2D eigenvalue weighted by molar-refractivity contribution is 7.83. The lowest BCUT2D eigenvalue weighted by Crippen LogP contribution is -2.37. The topological polar surface area (TPSA) is 113 Å². The average molecular weight is 419 g/mol. The lowest BCUT2D eigenvalue weighted by Gasteiger charge is -2.03. The van der Waals surface area contributed by atoms with Crippen LogP contribution in [0.15, 0.2) is 43.0 Å². The molecule has 0 amide bonds. The molecular formula is C16H16F3N3O5S. The molecule has 0 bridgehead atoms. The van der Waals surface area contributed by atoms with Gasteiger partial charge in [-0.3, -0.25) is 9.00 Å². The number of ether oxygens (including phenoxy) is 1. The molecule has 0 aliphatic carbocycles. The summed E-state index contributed by atoms with van der Waals surface area (Å²) in [7, 11) is 0.210. The van der Waals surface area contributed by atoms with E-state index in [0.29, 0.717) is 17.5 Å². The minimum Gasteiger partial charge on any atom is -0.542 e. The molecule has 1 atom stereocenters. The smallest absolute Gasteiger partial charge is 0.430 e. The number of alkyl halides is 3. The van der Waals surface area contributed by atoms with Gasteiger partial charge in [0, 0.05) is 35.8 Å². The number of hydrogen-bond donors (Lipinski definition) is 0. The zero-order valence-electron chi connectivity index (χ0n) is 14.6. The summed E-state index contributed by atoms with van der Waals surface area (Å²) < 4.78 is 49.7. The van der Waals surface area contributed by atoms with Gasteiger partial charge in [-0.1, -0.05) is 0 Å². The Hall–Kier alpha value is -2.89. The Morgan fingerprint density at radius 2 is 1.75 bits per heavy atom. The molecule has 2 aromatic rings. The third kappa shape index (κ3) is 8.66. The van der Waals surface area contributed by atoms with Crippen LogP contribution in [-0.4, -0.2) is 45.2 Å². The maximum Gasteiger partial charge on any atom is 0.430 e. The van der Waals surface area contributed by atoms with E-state index in [9.17, 15) is 22.2 Å². The molecule has 2 heterocycles. The van der Waals surface area contributed by atoms with Crippen molar-refractivity contribution in [1.29, 1.82) is 0 Å². The van der Waals surface area contributed by atoms with Crippen molar-refractivity contribution in [2.45, 2.75) is 18.5 Å². The van der Waals surface area contributed by atoms with Gasteiger partial charge in [0.15, 0.2) is 18.2 Å². The molecule has 0 saturated carbocycles. The van der Waals surface area contributed by atoms with Gasteiger partial charge in [0.25, 0.3) is 0 Å². The molecule has 8 nitrogen and oxygen atoms in total. The summed E-state index contributed by atoms with van der Waals surface area (Å²) in [6, 6.07) is 5.50. The van der Waals surface area contributed by atoms with E-state index in [1.165, 1.54) is 7.11 Å². The summed E-state index contributed by atoms with van der Waals surface area (Å²) in [5, 5.41) is 8.78. The number of carbonyl (C=O) groups is 2. The van der Waals surface area contributed by atoms with E-state index in [2.05, 4.69) is 14.7 Å². The summed E-state index contributed by atoms with van der Waals surface area (Å²) in [5.74, 6) is -2.07. The zero-order chi connectivity index (χ0) is 21.2. The number of pyridine rings is 1. The first-order valence-electron chi connectivity index (χ1n) is 7.60. The second-order valence-electron chi connectivity index (χ2n) is 5.06. The molecule has 1 unspecified atom stereocenters. The van der Waals surface area contributed by atoms with Gasteiger partial charge >= 0.3 is 12.1 Å². The normalized spacial score (nSPS) is 11.7. The van der Waals surface area contributed by atoms with E-state index in [-0.39, 0.29) is 12.4 Å². The Labute approximate surface area is 160 Å². The quantitative estimate of drug-likeness (QED) is 0.478. The van der Waals surface area contributed by atoms with Crippen LogP contribution in [-0.2, 0) is 31.0 Å². The van der Waals surface area contributed by atoms with Crippen LogP contribution in [0.25, 0.3) is 11.4 Å². The molecule has 0 N–H and O–H groups in total. The minimum absolute atomic E-state index is 0.166. The van der Waals surface area contributed by atoms with Crippen molar-refractivity contribution in [3.8, 4) is 11.4 Å². The van der Waals surface area contributed by atoms with Crippen LogP contribution in [0.5, 0.6) is 0 Å². The van der Waals surface area contributed by atoms with Gasteiger partial charge in [0.2, 0.25) is 5.88 Å². The molecule has 0 aromatic carbocycles. The Balaban J connectivity index is 0.000000480. The number of rotatable bonds is 6. The summed E-state index contributed by atoms with van der Waals surface area (Å²) in [5.41, 5.74) is 0.896. The molecule has 0 aliphatic heterocycles. The molecule has 0 saturated heterocycles. The summed E-state index contributed by atoms with van der Waals surface area (Å²) in [6.07, 6.45) is 1.99. The molecule has 2 rings (SSSR count). The molecule has 28 heavy (non-hydrogen) atoms. The van der Waals surface area contributed by atoms with Gasteiger partial charge in [-0.05, 0) is 6.07 Å². The first-order chi connectivity index (χ1) is 13.1. The van der Waals surface area contributed by atoms with Crippen molar-refractivity contribution in [3.05, 3.63) is 43.0 Å². The van der Waals surface area contributed by atoms with Crippen LogP contribution in [0.2, 0.25) is 0 Å². The number of carboxylic acids is 1. The highest BCUT2D eigenvalue weighted by Crippen LogP contribution is 2.11. The van der Waals surface area contributed by atoms with Crippen LogP contribution in [0.1, 0.15) is 6.42 Å². The van der Waals surface area contributed by atoms with Crippen molar-refractivity contribution < 1.29 is 41.4 Å². The zero-order valence-corrected chi connectivity index (χ0v) is 15.4. The van der Waals surface area contributed by atoms with Crippen LogP contribution in [0.4, 0.5) is 13.2 Å². The highest BCUT2D eigenvalue weighted by atomic mass is 32.2.